The van der Waals surface area contributed by atoms with E-state index >= 15 is 0 Å². The number of carbonyl (C=O) groups excluding carboxylic acids is 1. The predicted molar refractivity (Wildman–Crippen MR) is 111 cm³/mol. The number of rotatable bonds is 7. The largest absolute Gasteiger partial charge is 0.350 e. The summed E-state index contributed by atoms with van der Waals surface area (Å²) in [5.74, 6) is 1.90. The number of nitrogens with zero attached hydrogens (tertiary/aromatic N) is 1. The predicted octanol–water partition coefficient (Wildman–Crippen LogP) is 2.39. The maximum absolute atomic E-state index is 12.8. The van der Waals surface area contributed by atoms with Gasteiger partial charge in [0.15, 0.2) is 20.9 Å². The molecule has 29 heavy (non-hydrogen) atoms. The Hall–Kier alpha value is -2.34. The molecule has 156 valence electrons. The van der Waals surface area contributed by atoms with Gasteiger partial charge in [-0.3, -0.25) is 4.79 Å². The number of amides is 1. The third-order valence-electron chi connectivity index (χ3n) is 5.49. The number of fused-ring (bicyclic) bond motifs is 1. The lowest BCUT2D eigenvalue weighted by Gasteiger charge is -2.28. The molecule has 1 aromatic carbocycles. The van der Waals surface area contributed by atoms with Crippen molar-refractivity contribution in [2.45, 2.75) is 50.2 Å². The highest BCUT2D eigenvalue weighted by molar-refractivity contribution is 7.92. The Morgan fingerprint density at radius 1 is 1.41 bits per heavy atom. The first kappa shape index (κ1) is 21.4. The quantitative estimate of drug-likeness (QED) is 0.551. The maximum atomic E-state index is 12.8. The fourth-order valence-electron chi connectivity index (χ4n) is 3.32. The molecule has 2 unspecified atom stereocenters. The third-order valence-corrected chi connectivity index (χ3v) is 7.51. The van der Waals surface area contributed by atoms with Crippen LogP contribution < -0.4 is 5.48 Å². The van der Waals surface area contributed by atoms with Gasteiger partial charge in [0.2, 0.25) is 0 Å². The lowest BCUT2D eigenvalue weighted by atomic mass is 10.1. The average Bonchev–Trinajstić information content (AvgIpc) is 3.12. The summed E-state index contributed by atoms with van der Waals surface area (Å²) in [6.45, 7) is 2.33. The van der Waals surface area contributed by atoms with Gasteiger partial charge in [-0.2, -0.15) is 0 Å². The topological polar surface area (TPSA) is 86.6 Å². The first-order valence-corrected chi connectivity index (χ1v) is 11.5. The van der Waals surface area contributed by atoms with Crippen molar-refractivity contribution >= 4 is 26.6 Å². The minimum absolute atomic E-state index is 0.0905. The molecule has 7 nitrogen and oxygen atoms in total. The first-order valence-electron chi connectivity index (χ1n) is 9.57. The third kappa shape index (κ3) is 4.64. The number of hydrogen-bond acceptors (Lipinski definition) is 5. The van der Waals surface area contributed by atoms with Crippen LogP contribution in [0.2, 0.25) is 0 Å². The van der Waals surface area contributed by atoms with E-state index in [-0.39, 0.29) is 6.42 Å². The highest BCUT2D eigenvalue weighted by Crippen LogP contribution is 2.25. The number of sulfone groups is 1. The van der Waals surface area contributed by atoms with E-state index in [1.807, 2.05) is 35.0 Å². The molecular formula is C21H26N2O5S. The summed E-state index contributed by atoms with van der Waals surface area (Å²) in [6, 6.07) is 7.54. The fraction of sp³-hybridized carbons (Fsp3) is 0.476. The molecule has 8 heteroatoms. The van der Waals surface area contributed by atoms with Crippen LogP contribution in [0.15, 0.2) is 30.5 Å². The van der Waals surface area contributed by atoms with Gasteiger partial charge in [-0.25, -0.2) is 18.7 Å². The fourth-order valence-corrected chi connectivity index (χ4v) is 4.16. The number of benzene rings is 1. The molecule has 1 amide bonds. The monoisotopic (exact) mass is 418 g/mol. The Kier molecular flexibility index (Phi) is 6.32. The Morgan fingerprint density at radius 3 is 2.86 bits per heavy atom. The second-order valence-corrected chi connectivity index (χ2v) is 9.97. The molecule has 2 heterocycles. The van der Waals surface area contributed by atoms with Crippen LogP contribution >= 0.6 is 0 Å². The normalized spacial score (nSPS) is 19.4. The van der Waals surface area contributed by atoms with Gasteiger partial charge < -0.3 is 9.30 Å². The summed E-state index contributed by atoms with van der Waals surface area (Å²) in [7, 11) is -3.71. The van der Waals surface area contributed by atoms with E-state index in [0.717, 1.165) is 35.6 Å². The van der Waals surface area contributed by atoms with Crippen molar-refractivity contribution in [2.75, 3.05) is 12.9 Å². The summed E-state index contributed by atoms with van der Waals surface area (Å²) < 4.78 is 30.6. The van der Waals surface area contributed by atoms with Crippen LogP contribution in [0.5, 0.6) is 0 Å². The van der Waals surface area contributed by atoms with E-state index in [1.165, 1.54) is 6.92 Å². The Balaban J connectivity index is 1.73. The van der Waals surface area contributed by atoms with Gasteiger partial charge in [0.1, 0.15) is 0 Å². The average molecular weight is 419 g/mol. The minimum Gasteiger partial charge on any atom is -0.350 e. The first-order chi connectivity index (χ1) is 13.7. The molecule has 0 saturated carbocycles. The highest BCUT2D eigenvalue weighted by Gasteiger charge is 2.44. The van der Waals surface area contributed by atoms with Crippen molar-refractivity contribution in [1.29, 1.82) is 0 Å². The van der Waals surface area contributed by atoms with E-state index in [9.17, 15) is 13.2 Å². The molecule has 1 saturated heterocycles. The van der Waals surface area contributed by atoms with Crippen molar-refractivity contribution < 1.29 is 22.8 Å². The molecule has 1 aliphatic rings. The van der Waals surface area contributed by atoms with Crippen LogP contribution in [0, 0.1) is 12.3 Å². The van der Waals surface area contributed by atoms with Crippen LogP contribution in [0.3, 0.4) is 0 Å². The summed E-state index contributed by atoms with van der Waals surface area (Å²) in [5, 5.41) is 0.962. The van der Waals surface area contributed by atoms with Crippen LogP contribution in [0.4, 0.5) is 0 Å². The molecule has 0 radical (unpaired) electrons. The zero-order valence-corrected chi connectivity index (χ0v) is 17.5. The van der Waals surface area contributed by atoms with Gasteiger partial charge in [-0.15, -0.1) is 6.42 Å². The van der Waals surface area contributed by atoms with Crippen molar-refractivity contribution in [3.8, 4) is 12.3 Å². The molecule has 3 rings (SSSR count). The maximum Gasteiger partial charge on any atom is 0.264 e. The SMILES string of the molecule is C#Cc1ccc2c(ccn2CCC(C)(C(=O)NOC2CCCCO2)S(C)(=O)=O)c1. The molecule has 0 spiro atoms. The lowest BCUT2D eigenvalue weighted by Crippen LogP contribution is -2.51. The number of terminal acetylenes is 1. The molecule has 2 atom stereocenters. The number of carbonyl (C=O) groups is 1. The smallest absolute Gasteiger partial charge is 0.264 e. The highest BCUT2D eigenvalue weighted by atomic mass is 32.2. The standard InChI is InChI=1S/C21H26N2O5S/c1-4-16-8-9-18-17(15-16)10-12-23(18)13-11-21(2,29(3,25)26)20(24)22-28-19-7-5-6-14-27-19/h1,8-10,12,15,19H,5-7,11,13-14H2,2-3H3,(H,22,24). The molecule has 0 aliphatic carbocycles. The summed E-state index contributed by atoms with van der Waals surface area (Å²) in [6.07, 6.45) is 10.4. The van der Waals surface area contributed by atoms with Gasteiger partial charge in [0.05, 0.1) is 0 Å². The van der Waals surface area contributed by atoms with E-state index in [4.69, 9.17) is 16.0 Å². The number of nitrogens with one attached hydrogen (secondary N) is 1. The van der Waals surface area contributed by atoms with Crippen LogP contribution in [-0.4, -0.2) is 42.8 Å². The summed E-state index contributed by atoms with van der Waals surface area (Å²) >= 11 is 0. The summed E-state index contributed by atoms with van der Waals surface area (Å²) in [4.78, 5) is 18.1. The van der Waals surface area contributed by atoms with Crippen molar-refractivity contribution in [3.63, 3.8) is 0 Å². The zero-order valence-electron chi connectivity index (χ0n) is 16.7. The second kappa shape index (κ2) is 8.57. The Labute approximate surface area is 171 Å². The van der Waals surface area contributed by atoms with Gasteiger partial charge in [-0.1, -0.05) is 5.92 Å². The number of aromatic nitrogens is 1. The van der Waals surface area contributed by atoms with E-state index in [1.54, 1.807) is 0 Å². The van der Waals surface area contributed by atoms with Crippen molar-refractivity contribution in [1.82, 2.24) is 10.0 Å². The molecule has 1 aliphatic heterocycles. The van der Waals surface area contributed by atoms with Crippen LogP contribution in [-0.2, 0) is 30.8 Å². The second-order valence-electron chi connectivity index (χ2n) is 7.53. The number of aryl methyl sites for hydroxylation is 1. The summed E-state index contributed by atoms with van der Waals surface area (Å²) in [5.41, 5.74) is 4.01. The molecular weight excluding hydrogens is 392 g/mol. The van der Waals surface area contributed by atoms with Gasteiger partial charge in [-0.05, 0) is 50.5 Å². The number of ether oxygens (including phenoxy) is 1. The van der Waals surface area contributed by atoms with Gasteiger partial charge >= 0.3 is 0 Å². The van der Waals surface area contributed by atoms with E-state index in [2.05, 4.69) is 11.4 Å². The van der Waals surface area contributed by atoms with E-state index in [0.29, 0.717) is 19.6 Å². The zero-order chi connectivity index (χ0) is 21.1. The Bertz CT molecular complexity index is 1030. The molecule has 1 aromatic heterocycles. The van der Waals surface area contributed by atoms with Crippen LogP contribution in [0.25, 0.3) is 10.9 Å². The minimum atomic E-state index is -3.71. The van der Waals surface area contributed by atoms with E-state index < -0.39 is 26.8 Å². The number of hydrogen-bond donors (Lipinski definition) is 1. The molecule has 1 fully saturated rings. The van der Waals surface area contributed by atoms with Crippen molar-refractivity contribution in [2.24, 2.45) is 0 Å². The van der Waals surface area contributed by atoms with Gasteiger partial charge in [0, 0.05) is 48.5 Å². The Morgan fingerprint density at radius 2 is 2.21 bits per heavy atom. The number of hydroxylamine groups is 1. The van der Waals surface area contributed by atoms with Crippen molar-refractivity contribution in [3.05, 3.63) is 36.0 Å². The molecule has 2 aromatic rings. The molecule has 0 bridgehead atoms. The van der Waals surface area contributed by atoms with Crippen LogP contribution in [0.1, 0.15) is 38.2 Å². The molecule has 1 N–H and O–H groups in total. The van der Waals surface area contributed by atoms with Gasteiger partial charge in [0.25, 0.3) is 5.91 Å². The lowest BCUT2D eigenvalue weighted by molar-refractivity contribution is -0.201.